The van der Waals surface area contributed by atoms with Crippen LogP contribution in [0.2, 0.25) is 0 Å². The summed E-state index contributed by atoms with van der Waals surface area (Å²) in [5, 5.41) is 2.95. The van der Waals surface area contributed by atoms with E-state index in [-0.39, 0.29) is 5.91 Å². The van der Waals surface area contributed by atoms with Gasteiger partial charge in [0.2, 0.25) is 5.91 Å². The number of carbonyl (C=O) groups excluding carboxylic acids is 1. The predicted octanol–water partition coefficient (Wildman–Crippen LogP) is 3.52. The maximum atomic E-state index is 11.7. The van der Waals surface area contributed by atoms with Crippen molar-refractivity contribution in [1.82, 2.24) is 0 Å². The summed E-state index contributed by atoms with van der Waals surface area (Å²) in [6.07, 6.45) is 0.565. The van der Waals surface area contributed by atoms with Gasteiger partial charge in [0.15, 0.2) is 0 Å². The molecule has 0 aliphatic rings. The summed E-state index contributed by atoms with van der Waals surface area (Å²) in [6, 6.07) is 8.03. The molecule has 0 radical (unpaired) electrons. The quantitative estimate of drug-likeness (QED) is 0.835. The van der Waals surface area contributed by atoms with Gasteiger partial charge in [0.1, 0.15) is 0 Å². The van der Waals surface area contributed by atoms with Crippen molar-refractivity contribution < 1.29 is 4.79 Å². The summed E-state index contributed by atoms with van der Waals surface area (Å²) in [4.78, 5) is 14.0. The molecule has 1 aromatic carbocycles. The summed E-state index contributed by atoms with van der Waals surface area (Å²) >= 11 is 0. The van der Waals surface area contributed by atoms with E-state index in [1.807, 2.05) is 32.0 Å². The Morgan fingerprint density at radius 1 is 1.28 bits per heavy atom. The Labute approximate surface area is 110 Å². The molecule has 0 unspecified atom stereocenters. The smallest absolute Gasteiger partial charge is 0.224 e. The van der Waals surface area contributed by atoms with Gasteiger partial charge in [-0.25, -0.2) is 0 Å². The third-order valence-corrected chi connectivity index (χ3v) is 2.85. The zero-order valence-electron chi connectivity index (χ0n) is 11.9. The van der Waals surface area contributed by atoms with Crippen LogP contribution >= 0.6 is 0 Å². The molecular formula is C15H24N2O. The molecule has 0 bridgehead atoms. The van der Waals surface area contributed by atoms with Crippen LogP contribution in [0.25, 0.3) is 0 Å². The monoisotopic (exact) mass is 248 g/mol. The van der Waals surface area contributed by atoms with Crippen LogP contribution in [0.5, 0.6) is 0 Å². The maximum Gasteiger partial charge on any atom is 0.224 e. The van der Waals surface area contributed by atoms with Gasteiger partial charge in [-0.15, -0.1) is 0 Å². The average molecular weight is 248 g/mol. The minimum absolute atomic E-state index is 0.0849. The Kier molecular flexibility index (Phi) is 5.69. The van der Waals surface area contributed by atoms with Crippen LogP contribution in [0, 0.1) is 5.92 Å². The first-order chi connectivity index (χ1) is 8.56. The number of nitrogens with one attached hydrogen (secondary N) is 1. The molecular weight excluding hydrogens is 224 g/mol. The van der Waals surface area contributed by atoms with E-state index in [0.717, 1.165) is 24.5 Å². The lowest BCUT2D eigenvalue weighted by atomic mass is 10.1. The van der Waals surface area contributed by atoms with Crippen molar-refractivity contribution in [2.45, 2.75) is 34.1 Å². The van der Waals surface area contributed by atoms with Gasteiger partial charge >= 0.3 is 0 Å². The highest BCUT2D eigenvalue weighted by Gasteiger charge is 2.07. The Morgan fingerprint density at radius 3 is 2.50 bits per heavy atom. The summed E-state index contributed by atoms with van der Waals surface area (Å²) in [7, 11) is 0. The SMILES string of the molecule is CCN(CC)c1cccc(NC(=O)CC(C)C)c1. The van der Waals surface area contributed by atoms with Gasteiger partial charge in [-0.2, -0.15) is 0 Å². The van der Waals surface area contributed by atoms with Crippen LogP contribution in [0.15, 0.2) is 24.3 Å². The number of hydrogen-bond donors (Lipinski definition) is 1. The first-order valence-corrected chi connectivity index (χ1v) is 6.71. The summed E-state index contributed by atoms with van der Waals surface area (Å²) in [6.45, 7) is 10.3. The highest BCUT2D eigenvalue weighted by atomic mass is 16.1. The first-order valence-electron chi connectivity index (χ1n) is 6.71. The molecule has 0 fully saturated rings. The normalized spacial score (nSPS) is 10.5. The van der Waals surface area contributed by atoms with E-state index in [4.69, 9.17) is 0 Å². The predicted molar refractivity (Wildman–Crippen MR) is 78.1 cm³/mol. The largest absolute Gasteiger partial charge is 0.372 e. The highest BCUT2D eigenvalue weighted by Crippen LogP contribution is 2.19. The van der Waals surface area contributed by atoms with Gasteiger partial charge in [0, 0.05) is 30.9 Å². The van der Waals surface area contributed by atoms with E-state index in [2.05, 4.69) is 30.1 Å². The lowest BCUT2D eigenvalue weighted by Gasteiger charge is -2.21. The zero-order chi connectivity index (χ0) is 13.5. The molecule has 0 atom stereocenters. The van der Waals surface area contributed by atoms with Crippen molar-refractivity contribution in [3.05, 3.63) is 24.3 Å². The van der Waals surface area contributed by atoms with Crippen LogP contribution in [0.3, 0.4) is 0 Å². The third-order valence-electron chi connectivity index (χ3n) is 2.85. The van der Waals surface area contributed by atoms with E-state index in [1.165, 1.54) is 0 Å². The lowest BCUT2D eigenvalue weighted by molar-refractivity contribution is -0.116. The molecule has 3 nitrogen and oxygen atoms in total. The molecule has 0 saturated carbocycles. The van der Waals surface area contributed by atoms with E-state index >= 15 is 0 Å². The second-order valence-electron chi connectivity index (χ2n) is 4.87. The Morgan fingerprint density at radius 2 is 1.94 bits per heavy atom. The molecule has 18 heavy (non-hydrogen) atoms. The van der Waals surface area contributed by atoms with Crippen LogP contribution < -0.4 is 10.2 Å². The molecule has 1 N–H and O–H groups in total. The van der Waals surface area contributed by atoms with Crippen LogP contribution in [0.4, 0.5) is 11.4 Å². The van der Waals surface area contributed by atoms with E-state index in [0.29, 0.717) is 12.3 Å². The Balaban J connectivity index is 2.73. The van der Waals surface area contributed by atoms with Crippen LogP contribution in [-0.2, 0) is 4.79 Å². The molecule has 0 aliphatic carbocycles. The molecule has 0 heterocycles. The lowest BCUT2D eigenvalue weighted by Crippen LogP contribution is -2.22. The fourth-order valence-corrected chi connectivity index (χ4v) is 1.95. The van der Waals surface area contributed by atoms with Gasteiger partial charge in [0.25, 0.3) is 0 Å². The maximum absolute atomic E-state index is 11.7. The first kappa shape index (κ1) is 14.6. The van der Waals surface area contributed by atoms with Crippen molar-refractivity contribution in [2.24, 2.45) is 5.92 Å². The fraction of sp³-hybridized carbons (Fsp3) is 0.533. The van der Waals surface area contributed by atoms with Crippen molar-refractivity contribution in [3.8, 4) is 0 Å². The molecule has 0 spiro atoms. The van der Waals surface area contributed by atoms with Crippen molar-refractivity contribution in [1.29, 1.82) is 0 Å². The average Bonchev–Trinajstić information content (AvgIpc) is 2.29. The number of hydrogen-bond acceptors (Lipinski definition) is 2. The number of nitrogens with zero attached hydrogens (tertiary/aromatic N) is 1. The molecule has 0 aliphatic heterocycles. The van der Waals surface area contributed by atoms with Crippen molar-refractivity contribution in [3.63, 3.8) is 0 Å². The minimum Gasteiger partial charge on any atom is -0.372 e. The minimum atomic E-state index is 0.0849. The standard InChI is InChI=1S/C15H24N2O/c1-5-17(6-2)14-9-7-8-13(11-14)16-15(18)10-12(3)4/h7-9,11-12H,5-6,10H2,1-4H3,(H,16,18). The van der Waals surface area contributed by atoms with Gasteiger partial charge in [-0.1, -0.05) is 19.9 Å². The molecule has 1 amide bonds. The molecule has 1 aromatic rings. The number of amides is 1. The summed E-state index contributed by atoms with van der Waals surface area (Å²) < 4.78 is 0. The Bertz CT molecular complexity index is 384. The fourth-order valence-electron chi connectivity index (χ4n) is 1.95. The summed E-state index contributed by atoms with van der Waals surface area (Å²) in [5.41, 5.74) is 2.03. The van der Waals surface area contributed by atoms with Crippen LogP contribution in [-0.4, -0.2) is 19.0 Å². The molecule has 1 rings (SSSR count). The van der Waals surface area contributed by atoms with E-state index in [1.54, 1.807) is 0 Å². The van der Waals surface area contributed by atoms with Crippen molar-refractivity contribution >= 4 is 17.3 Å². The Hall–Kier alpha value is -1.51. The second kappa shape index (κ2) is 7.04. The molecule has 0 saturated heterocycles. The second-order valence-corrected chi connectivity index (χ2v) is 4.87. The topological polar surface area (TPSA) is 32.3 Å². The number of anilines is 2. The van der Waals surface area contributed by atoms with Gasteiger partial charge in [0.05, 0.1) is 0 Å². The van der Waals surface area contributed by atoms with Crippen molar-refractivity contribution in [2.75, 3.05) is 23.3 Å². The third kappa shape index (κ3) is 4.40. The van der Waals surface area contributed by atoms with Gasteiger partial charge in [-0.3, -0.25) is 4.79 Å². The molecule has 3 heteroatoms. The zero-order valence-corrected chi connectivity index (χ0v) is 11.9. The number of benzene rings is 1. The number of carbonyl (C=O) groups is 1. The van der Waals surface area contributed by atoms with Crippen LogP contribution in [0.1, 0.15) is 34.1 Å². The highest BCUT2D eigenvalue weighted by molar-refractivity contribution is 5.91. The molecule has 100 valence electrons. The summed E-state index contributed by atoms with van der Waals surface area (Å²) in [5.74, 6) is 0.470. The molecule has 0 aromatic heterocycles. The van der Waals surface area contributed by atoms with E-state index < -0.39 is 0 Å². The van der Waals surface area contributed by atoms with Gasteiger partial charge in [-0.05, 0) is 38.0 Å². The van der Waals surface area contributed by atoms with Gasteiger partial charge < -0.3 is 10.2 Å². The van der Waals surface area contributed by atoms with E-state index in [9.17, 15) is 4.79 Å². The number of rotatable bonds is 6.